The number of carbonyl (C=O) groups excluding carboxylic acids is 2. The Labute approximate surface area is 183 Å². The highest BCUT2D eigenvalue weighted by atomic mass is 35.5. The summed E-state index contributed by atoms with van der Waals surface area (Å²) in [5, 5.41) is 3.79. The molecule has 0 bridgehead atoms. The third-order valence-electron chi connectivity index (χ3n) is 4.82. The first-order valence-electron chi connectivity index (χ1n) is 9.97. The van der Waals surface area contributed by atoms with E-state index in [-0.39, 0.29) is 18.2 Å². The Morgan fingerprint density at radius 1 is 1.03 bits per heavy atom. The maximum atomic E-state index is 13.1. The van der Waals surface area contributed by atoms with Crippen LogP contribution in [-0.4, -0.2) is 35.8 Å². The van der Waals surface area contributed by atoms with Crippen molar-refractivity contribution in [3.05, 3.63) is 69.7 Å². The van der Waals surface area contributed by atoms with Gasteiger partial charge in [-0.25, -0.2) is 0 Å². The van der Waals surface area contributed by atoms with Gasteiger partial charge in [0.05, 0.1) is 16.5 Å². The second kappa shape index (κ2) is 11.8. The molecule has 0 aliphatic heterocycles. The molecule has 29 heavy (non-hydrogen) atoms. The summed E-state index contributed by atoms with van der Waals surface area (Å²) in [4.78, 5) is 27.3. The normalized spacial score (nSPS) is 11.7. The Morgan fingerprint density at radius 3 is 2.41 bits per heavy atom. The summed E-state index contributed by atoms with van der Waals surface area (Å²) in [6.07, 6.45) is 2.77. The van der Waals surface area contributed by atoms with Gasteiger partial charge in [-0.3, -0.25) is 9.59 Å². The van der Waals surface area contributed by atoms with Crippen LogP contribution in [-0.2, 0) is 22.4 Å². The van der Waals surface area contributed by atoms with Gasteiger partial charge in [-0.2, -0.15) is 0 Å². The number of amides is 2. The summed E-state index contributed by atoms with van der Waals surface area (Å²) in [7, 11) is 0. The molecule has 0 fully saturated rings. The van der Waals surface area contributed by atoms with Crippen molar-refractivity contribution in [1.29, 1.82) is 0 Å². The number of hydrogen-bond acceptors (Lipinski definition) is 2. The average Bonchev–Trinajstić information content (AvgIpc) is 2.71. The van der Waals surface area contributed by atoms with E-state index in [0.717, 1.165) is 24.0 Å². The van der Waals surface area contributed by atoms with Gasteiger partial charge in [0.1, 0.15) is 6.04 Å². The van der Waals surface area contributed by atoms with Crippen molar-refractivity contribution in [3.8, 4) is 0 Å². The first kappa shape index (κ1) is 23.2. The van der Waals surface area contributed by atoms with Crippen molar-refractivity contribution in [2.75, 3.05) is 13.1 Å². The van der Waals surface area contributed by atoms with Crippen LogP contribution >= 0.6 is 23.2 Å². The van der Waals surface area contributed by atoms with Crippen LogP contribution in [0.25, 0.3) is 0 Å². The molecule has 0 spiro atoms. The molecule has 0 saturated heterocycles. The van der Waals surface area contributed by atoms with Gasteiger partial charge in [0, 0.05) is 13.1 Å². The molecule has 4 nitrogen and oxygen atoms in total. The second-order valence-corrected chi connectivity index (χ2v) is 7.88. The summed E-state index contributed by atoms with van der Waals surface area (Å²) in [6, 6.07) is 14.6. The van der Waals surface area contributed by atoms with Gasteiger partial charge < -0.3 is 10.2 Å². The Bertz CT molecular complexity index is 812. The molecule has 0 unspecified atom stereocenters. The van der Waals surface area contributed by atoms with Crippen LogP contribution in [0.4, 0.5) is 0 Å². The van der Waals surface area contributed by atoms with E-state index in [1.54, 1.807) is 30.0 Å². The smallest absolute Gasteiger partial charge is 0.242 e. The van der Waals surface area contributed by atoms with Crippen molar-refractivity contribution < 1.29 is 9.59 Å². The van der Waals surface area contributed by atoms with E-state index in [4.69, 9.17) is 23.2 Å². The van der Waals surface area contributed by atoms with E-state index in [9.17, 15) is 9.59 Å². The topological polar surface area (TPSA) is 49.4 Å². The first-order valence-corrected chi connectivity index (χ1v) is 10.7. The number of rotatable bonds is 10. The lowest BCUT2D eigenvalue weighted by molar-refractivity contribution is -0.139. The molecule has 6 heteroatoms. The van der Waals surface area contributed by atoms with Gasteiger partial charge in [0.15, 0.2) is 0 Å². The fourth-order valence-electron chi connectivity index (χ4n) is 3.03. The molecule has 0 aromatic heterocycles. The molecule has 2 aromatic rings. The maximum Gasteiger partial charge on any atom is 0.242 e. The molecule has 156 valence electrons. The highest BCUT2D eigenvalue weighted by Gasteiger charge is 2.25. The molecule has 0 aliphatic rings. The third-order valence-corrected chi connectivity index (χ3v) is 5.56. The number of unbranched alkanes of at least 4 members (excludes halogenated alkanes) is 1. The molecule has 0 heterocycles. The van der Waals surface area contributed by atoms with Gasteiger partial charge in [0.25, 0.3) is 0 Å². The third kappa shape index (κ3) is 7.37. The fourth-order valence-corrected chi connectivity index (χ4v) is 3.35. The number of nitrogens with zero attached hydrogens (tertiary/aromatic N) is 1. The van der Waals surface area contributed by atoms with Crippen LogP contribution in [0, 0.1) is 0 Å². The van der Waals surface area contributed by atoms with E-state index in [2.05, 4.69) is 12.2 Å². The Hall–Kier alpha value is -2.04. The Kier molecular flexibility index (Phi) is 9.49. The van der Waals surface area contributed by atoms with Crippen LogP contribution in [0.1, 0.15) is 37.8 Å². The SMILES string of the molecule is CCCCNC(=O)[C@@H](C)N(CCc1ccccc1)C(=O)Cc1ccc(Cl)c(Cl)c1. The van der Waals surface area contributed by atoms with Crippen molar-refractivity contribution >= 4 is 35.0 Å². The molecule has 1 atom stereocenters. The summed E-state index contributed by atoms with van der Waals surface area (Å²) >= 11 is 12.1. The highest BCUT2D eigenvalue weighted by molar-refractivity contribution is 6.42. The van der Waals surface area contributed by atoms with Crippen LogP contribution in [0.5, 0.6) is 0 Å². The molecule has 2 amide bonds. The van der Waals surface area contributed by atoms with Crippen molar-refractivity contribution in [1.82, 2.24) is 10.2 Å². The standard InChI is InChI=1S/C23H28Cl2N2O2/c1-3-4-13-26-23(29)17(2)27(14-12-18-8-6-5-7-9-18)22(28)16-19-10-11-20(24)21(25)15-19/h5-11,15,17H,3-4,12-14,16H2,1-2H3,(H,26,29)/t17-/m1/s1. The highest BCUT2D eigenvalue weighted by Crippen LogP contribution is 2.23. The summed E-state index contributed by atoms with van der Waals surface area (Å²) < 4.78 is 0. The van der Waals surface area contributed by atoms with Crippen LogP contribution in [0.2, 0.25) is 10.0 Å². The predicted molar refractivity (Wildman–Crippen MR) is 119 cm³/mol. The monoisotopic (exact) mass is 434 g/mol. The maximum absolute atomic E-state index is 13.1. The van der Waals surface area contributed by atoms with Gasteiger partial charge in [-0.1, -0.05) is 72.9 Å². The van der Waals surface area contributed by atoms with Gasteiger partial charge in [0.2, 0.25) is 11.8 Å². The first-order chi connectivity index (χ1) is 13.9. The molecule has 0 aliphatic carbocycles. The second-order valence-electron chi connectivity index (χ2n) is 7.07. The van der Waals surface area contributed by atoms with Crippen molar-refractivity contribution in [2.24, 2.45) is 0 Å². The number of hydrogen-bond donors (Lipinski definition) is 1. The lowest BCUT2D eigenvalue weighted by atomic mass is 10.1. The molecule has 2 aromatic carbocycles. The number of halogens is 2. The lowest BCUT2D eigenvalue weighted by Gasteiger charge is -2.29. The molecular formula is C23H28Cl2N2O2. The van der Waals surface area contributed by atoms with Crippen LogP contribution in [0.3, 0.4) is 0 Å². The summed E-state index contributed by atoms with van der Waals surface area (Å²) in [6.45, 7) is 4.93. The van der Waals surface area contributed by atoms with Gasteiger partial charge >= 0.3 is 0 Å². The Morgan fingerprint density at radius 2 is 1.76 bits per heavy atom. The Balaban J connectivity index is 2.11. The largest absolute Gasteiger partial charge is 0.354 e. The van der Waals surface area contributed by atoms with Crippen LogP contribution in [0.15, 0.2) is 48.5 Å². The molecular weight excluding hydrogens is 407 g/mol. The summed E-state index contributed by atoms with van der Waals surface area (Å²) in [5.74, 6) is -0.244. The van der Waals surface area contributed by atoms with E-state index in [1.807, 2.05) is 30.3 Å². The molecule has 1 N–H and O–H groups in total. The quantitative estimate of drug-likeness (QED) is 0.539. The van der Waals surface area contributed by atoms with E-state index >= 15 is 0 Å². The minimum atomic E-state index is -0.550. The van der Waals surface area contributed by atoms with E-state index in [0.29, 0.717) is 29.6 Å². The van der Waals surface area contributed by atoms with Gasteiger partial charge in [-0.15, -0.1) is 0 Å². The zero-order valence-corrected chi connectivity index (χ0v) is 18.5. The lowest BCUT2D eigenvalue weighted by Crippen LogP contribution is -2.49. The number of carbonyl (C=O) groups is 2. The minimum absolute atomic E-state index is 0.113. The minimum Gasteiger partial charge on any atom is -0.354 e. The van der Waals surface area contributed by atoms with Crippen LogP contribution < -0.4 is 5.32 Å². The molecule has 2 rings (SSSR count). The van der Waals surface area contributed by atoms with E-state index < -0.39 is 6.04 Å². The average molecular weight is 435 g/mol. The summed E-state index contributed by atoms with van der Waals surface area (Å²) in [5.41, 5.74) is 1.89. The molecule has 0 radical (unpaired) electrons. The fraction of sp³-hybridized carbons (Fsp3) is 0.391. The van der Waals surface area contributed by atoms with Gasteiger partial charge in [-0.05, 0) is 43.0 Å². The zero-order chi connectivity index (χ0) is 21.2. The molecule has 0 saturated carbocycles. The van der Waals surface area contributed by atoms with Crippen molar-refractivity contribution in [3.63, 3.8) is 0 Å². The number of benzene rings is 2. The van der Waals surface area contributed by atoms with E-state index in [1.165, 1.54) is 0 Å². The van der Waals surface area contributed by atoms with Crippen molar-refractivity contribution in [2.45, 2.75) is 45.6 Å². The number of nitrogens with one attached hydrogen (secondary N) is 1. The zero-order valence-electron chi connectivity index (χ0n) is 17.0. The predicted octanol–water partition coefficient (Wildman–Crippen LogP) is 4.91.